The van der Waals surface area contributed by atoms with Crippen LogP contribution < -0.4 is 5.32 Å². The van der Waals surface area contributed by atoms with Gasteiger partial charge >= 0.3 is 5.97 Å². The summed E-state index contributed by atoms with van der Waals surface area (Å²) in [6, 6.07) is -0.648. The first-order valence-electron chi connectivity index (χ1n) is 24.3. The number of hydrogen-bond acceptors (Lipinski definition) is 5. The highest BCUT2D eigenvalue weighted by atomic mass is 16.5. The largest absolute Gasteiger partial charge is 0.466 e. The molecule has 0 rings (SSSR count). The van der Waals surface area contributed by atoms with Gasteiger partial charge in [0.15, 0.2) is 0 Å². The number of rotatable bonds is 44. The second kappa shape index (κ2) is 45.8. The van der Waals surface area contributed by atoms with Gasteiger partial charge in [-0.15, -0.1) is 0 Å². The van der Waals surface area contributed by atoms with E-state index in [1.165, 1.54) is 148 Å². The SMILES string of the molecule is CCCC/C=C\CCCCCCCC(=O)OCCCCCCCC/C=C\CCCCCC(=O)NC(CO)C(O)/C=C/CCCCCCCCCCCCCCC. The summed E-state index contributed by atoms with van der Waals surface area (Å²) >= 11 is 0. The van der Waals surface area contributed by atoms with E-state index in [4.69, 9.17) is 4.74 Å². The third-order valence-electron chi connectivity index (χ3n) is 10.9. The summed E-state index contributed by atoms with van der Waals surface area (Å²) in [6.45, 7) is 4.81. The summed E-state index contributed by atoms with van der Waals surface area (Å²) in [5.74, 6) is -0.125. The Labute approximate surface area is 347 Å². The van der Waals surface area contributed by atoms with Crippen molar-refractivity contribution in [2.75, 3.05) is 13.2 Å². The Hall–Kier alpha value is -1.92. The Bertz CT molecular complexity index is 915. The highest BCUT2D eigenvalue weighted by Crippen LogP contribution is 2.14. The molecule has 6 nitrogen and oxygen atoms in total. The molecule has 56 heavy (non-hydrogen) atoms. The van der Waals surface area contributed by atoms with Crippen LogP contribution in [0, 0.1) is 0 Å². The Morgan fingerprint density at radius 1 is 0.482 bits per heavy atom. The quantitative estimate of drug-likeness (QED) is 0.0325. The molecular formula is C50H93NO5. The lowest BCUT2D eigenvalue weighted by Crippen LogP contribution is -2.45. The molecule has 1 amide bonds. The zero-order valence-corrected chi connectivity index (χ0v) is 37.1. The molecule has 6 heteroatoms. The van der Waals surface area contributed by atoms with Crippen molar-refractivity contribution in [2.24, 2.45) is 0 Å². The number of aliphatic hydroxyl groups is 2. The molecule has 0 bridgehead atoms. The lowest BCUT2D eigenvalue weighted by molar-refractivity contribution is -0.143. The summed E-state index contributed by atoms with van der Waals surface area (Å²) < 4.78 is 5.42. The Kier molecular flexibility index (Phi) is 44.2. The van der Waals surface area contributed by atoms with Gasteiger partial charge in [0.1, 0.15) is 0 Å². The average molecular weight is 788 g/mol. The predicted molar refractivity (Wildman–Crippen MR) is 241 cm³/mol. The van der Waals surface area contributed by atoms with Crippen LogP contribution in [0.5, 0.6) is 0 Å². The van der Waals surface area contributed by atoms with Crippen molar-refractivity contribution >= 4 is 11.9 Å². The van der Waals surface area contributed by atoms with E-state index in [-0.39, 0.29) is 18.5 Å². The number of nitrogens with one attached hydrogen (secondary N) is 1. The first-order chi connectivity index (χ1) is 27.5. The van der Waals surface area contributed by atoms with E-state index in [1.807, 2.05) is 6.08 Å². The van der Waals surface area contributed by atoms with Crippen molar-refractivity contribution in [2.45, 2.75) is 257 Å². The molecule has 0 spiro atoms. The topological polar surface area (TPSA) is 95.9 Å². The van der Waals surface area contributed by atoms with Crippen molar-refractivity contribution in [3.63, 3.8) is 0 Å². The number of ether oxygens (including phenoxy) is 1. The van der Waals surface area contributed by atoms with E-state index in [9.17, 15) is 19.8 Å². The summed E-state index contributed by atoms with van der Waals surface area (Å²) in [4.78, 5) is 24.4. The Balaban J connectivity index is 3.57. The molecular weight excluding hydrogens is 695 g/mol. The number of carbonyl (C=O) groups is 2. The number of amides is 1. The van der Waals surface area contributed by atoms with Gasteiger partial charge in [-0.05, 0) is 77.0 Å². The van der Waals surface area contributed by atoms with Gasteiger partial charge in [-0.1, -0.05) is 192 Å². The highest BCUT2D eigenvalue weighted by molar-refractivity contribution is 5.76. The van der Waals surface area contributed by atoms with Crippen molar-refractivity contribution in [1.29, 1.82) is 0 Å². The maximum Gasteiger partial charge on any atom is 0.305 e. The van der Waals surface area contributed by atoms with E-state index >= 15 is 0 Å². The number of carbonyl (C=O) groups excluding carboxylic acids is 2. The standard InChI is InChI=1S/C50H93NO5/c1-3-5-7-9-11-13-15-16-17-19-23-26-30-34-38-42-48(53)47(46-52)51-49(54)43-39-35-31-27-24-20-18-21-25-29-33-37-41-45-56-50(55)44-40-36-32-28-22-14-12-10-8-6-4-2/h10,12,20,24,38,42,47-48,52-53H,3-9,11,13-19,21-23,25-37,39-41,43-46H2,1-2H3,(H,51,54)/b12-10-,24-20-,42-38+. The Morgan fingerprint density at radius 2 is 0.857 bits per heavy atom. The van der Waals surface area contributed by atoms with Crippen LogP contribution in [-0.4, -0.2) is 47.4 Å². The molecule has 0 aliphatic carbocycles. The molecule has 0 aromatic heterocycles. The fraction of sp³-hybridized carbons (Fsp3) is 0.840. The van der Waals surface area contributed by atoms with Crippen LogP contribution in [0.15, 0.2) is 36.5 Å². The van der Waals surface area contributed by atoms with E-state index < -0.39 is 12.1 Å². The summed E-state index contributed by atoms with van der Waals surface area (Å²) in [5, 5.41) is 23.0. The summed E-state index contributed by atoms with van der Waals surface area (Å²) in [7, 11) is 0. The van der Waals surface area contributed by atoms with E-state index in [1.54, 1.807) is 6.08 Å². The van der Waals surface area contributed by atoms with Crippen LogP contribution in [0.4, 0.5) is 0 Å². The second-order valence-corrected chi connectivity index (χ2v) is 16.4. The zero-order chi connectivity index (χ0) is 40.8. The van der Waals surface area contributed by atoms with Crippen LogP contribution in [0.3, 0.4) is 0 Å². The van der Waals surface area contributed by atoms with Gasteiger partial charge in [0.2, 0.25) is 5.91 Å². The molecule has 3 N–H and O–H groups in total. The van der Waals surface area contributed by atoms with Gasteiger partial charge in [0.25, 0.3) is 0 Å². The molecule has 0 heterocycles. The molecule has 0 saturated heterocycles. The highest BCUT2D eigenvalue weighted by Gasteiger charge is 2.18. The first-order valence-corrected chi connectivity index (χ1v) is 24.3. The van der Waals surface area contributed by atoms with Gasteiger partial charge in [0, 0.05) is 12.8 Å². The van der Waals surface area contributed by atoms with Crippen LogP contribution in [-0.2, 0) is 14.3 Å². The maximum atomic E-state index is 12.4. The first kappa shape index (κ1) is 54.1. The Morgan fingerprint density at radius 3 is 1.34 bits per heavy atom. The number of hydrogen-bond donors (Lipinski definition) is 3. The fourth-order valence-electron chi connectivity index (χ4n) is 7.08. The van der Waals surface area contributed by atoms with E-state index in [0.29, 0.717) is 19.4 Å². The second-order valence-electron chi connectivity index (χ2n) is 16.4. The molecule has 0 saturated carbocycles. The minimum atomic E-state index is -0.861. The molecule has 0 radical (unpaired) electrons. The minimum absolute atomic E-state index is 0.0260. The van der Waals surface area contributed by atoms with Crippen LogP contribution in [0.1, 0.15) is 245 Å². The lowest BCUT2D eigenvalue weighted by atomic mass is 10.0. The van der Waals surface area contributed by atoms with Gasteiger partial charge in [-0.25, -0.2) is 0 Å². The molecule has 2 unspecified atom stereocenters. The fourth-order valence-corrected chi connectivity index (χ4v) is 7.08. The van der Waals surface area contributed by atoms with Crippen LogP contribution in [0.25, 0.3) is 0 Å². The van der Waals surface area contributed by atoms with Crippen molar-refractivity contribution in [1.82, 2.24) is 5.32 Å². The third-order valence-corrected chi connectivity index (χ3v) is 10.9. The number of allylic oxidation sites excluding steroid dienone is 5. The maximum absolute atomic E-state index is 12.4. The van der Waals surface area contributed by atoms with Crippen LogP contribution >= 0.6 is 0 Å². The van der Waals surface area contributed by atoms with Gasteiger partial charge in [-0.2, -0.15) is 0 Å². The summed E-state index contributed by atoms with van der Waals surface area (Å²) in [6.07, 6.45) is 54.2. The normalized spacial score (nSPS) is 13.0. The van der Waals surface area contributed by atoms with Crippen molar-refractivity contribution < 1.29 is 24.5 Å². The lowest BCUT2D eigenvalue weighted by Gasteiger charge is -2.19. The number of unbranched alkanes of at least 4 members (excludes halogenated alkanes) is 29. The van der Waals surface area contributed by atoms with Gasteiger partial charge in [0.05, 0.1) is 25.4 Å². The number of esters is 1. The molecule has 0 aliphatic rings. The molecule has 0 fully saturated rings. The smallest absolute Gasteiger partial charge is 0.305 e. The van der Waals surface area contributed by atoms with Gasteiger partial charge in [-0.3, -0.25) is 9.59 Å². The molecule has 328 valence electrons. The van der Waals surface area contributed by atoms with E-state index in [0.717, 1.165) is 70.6 Å². The molecule has 0 aliphatic heterocycles. The van der Waals surface area contributed by atoms with Crippen molar-refractivity contribution in [3.05, 3.63) is 36.5 Å². The summed E-state index contributed by atoms with van der Waals surface area (Å²) in [5.41, 5.74) is 0. The zero-order valence-electron chi connectivity index (χ0n) is 37.1. The van der Waals surface area contributed by atoms with Gasteiger partial charge < -0.3 is 20.3 Å². The molecule has 0 aromatic rings. The molecule has 0 aromatic carbocycles. The van der Waals surface area contributed by atoms with E-state index in [2.05, 4.69) is 43.5 Å². The van der Waals surface area contributed by atoms with Crippen LogP contribution in [0.2, 0.25) is 0 Å². The predicted octanol–water partition coefficient (Wildman–Crippen LogP) is 14.1. The third kappa shape index (κ3) is 41.7. The minimum Gasteiger partial charge on any atom is -0.466 e. The number of aliphatic hydroxyl groups excluding tert-OH is 2. The monoisotopic (exact) mass is 788 g/mol. The molecule has 2 atom stereocenters. The average Bonchev–Trinajstić information content (AvgIpc) is 3.20. The van der Waals surface area contributed by atoms with Crippen molar-refractivity contribution in [3.8, 4) is 0 Å².